The molecule has 49 heavy (non-hydrogen) atoms. The molecule has 2 aliphatic carbocycles. The summed E-state index contributed by atoms with van der Waals surface area (Å²) in [5.41, 5.74) is -3.34. The molecule has 4 rings (SSSR count). The van der Waals surface area contributed by atoms with E-state index in [0.717, 1.165) is 25.7 Å². The second-order valence-electron chi connectivity index (χ2n) is 16.9. The molecule has 0 aromatic rings. The van der Waals surface area contributed by atoms with Gasteiger partial charge in [-0.3, -0.25) is 19.2 Å². The van der Waals surface area contributed by atoms with Gasteiger partial charge in [0.2, 0.25) is 17.6 Å². The first-order valence-corrected chi connectivity index (χ1v) is 19.6. The fourth-order valence-corrected chi connectivity index (χ4v) is 10.1. The first kappa shape index (κ1) is 39.1. The van der Waals surface area contributed by atoms with Crippen LogP contribution in [0.5, 0.6) is 0 Å². The third kappa shape index (κ3) is 7.50. The molecule has 6 atom stereocenters. The number of likely N-dealkylation sites (tertiary alicyclic amines) is 1. The summed E-state index contributed by atoms with van der Waals surface area (Å²) >= 11 is 0. The lowest BCUT2D eigenvalue weighted by atomic mass is 9.82. The number of ether oxygens (including phenoxy) is 1. The molecule has 13 nitrogen and oxygen atoms in total. The Morgan fingerprint density at radius 2 is 1.59 bits per heavy atom. The molecule has 4 N–H and O–H groups in total. The molecular formula is C35H59N5O8S. The number of urea groups is 1. The molecule has 4 aliphatic rings. The van der Waals surface area contributed by atoms with Crippen LogP contribution in [0.25, 0.3) is 0 Å². The molecule has 4 fully saturated rings. The largest absolute Gasteiger partial charge is 0.358 e. The van der Waals surface area contributed by atoms with Gasteiger partial charge in [0.15, 0.2) is 15.3 Å². The third-order valence-electron chi connectivity index (χ3n) is 11.4. The van der Waals surface area contributed by atoms with E-state index in [-0.39, 0.29) is 30.4 Å². The van der Waals surface area contributed by atoms with Crippen LogP contribution in [-0.2, 0) is 33.8 Å². The van der Waals surface area contributed by atoms with E-state index in [1.54, 1.807) is 20.8 Å². The van der Waals surface area contributed by atoms with Gasteiger partial charge in [-0.25, -0.2) is 13.2 Å². The van der Waals surface area contributed by atoms with Gasteiger partial charge in [0.05, 0.1) is 22.9 Å². The minimum Gasteiger partial charge on any atom is -0.358 e. The first-order valence-electron chi connectivity index (χ1n) is 18.0. The minimum atomic E-state index is -3.75. The average Bonchev–Trinajstić information content (AvgIpc) is 3.27. The van der Waals surface area contributed by atoms with Crippen LogP contribution in [0.3, 0.4) is 0 Å². The fraction of sp³-hybridized carbons (Fsp3) is 0.857. The zero-order valence-electron chi connectivity index (χ0n) is 30.9. The molecule has 2 heterocycles. The topological polar surface area (TPSA) is 180 Å². The molecule has 0 bridgehead atoms. The van der Waals surface area contributed by atoms with E-state index in [2.05, 4.69) is 35.1 Å². The number of carbonyl (C=O) groups is 5. The van der Waals surface area contributed by atoms with Crippen molar-refractivity contribution >= 4 is 39.4 Å². The van der Waals surface area contributed by atoms with Gasteiger partial charge in [-0.1, -0.05) is 73.6 Å². The summed E-state index contributed by atoms with van der Waals surface area (Å²) in [4.78, 5) is 69.4. The molecule has 0 radical (unpaired) electrons. The minimum absolute atomic E-state index is 0.0272. The van der Waals surface area contributed by atoms with Crippen LogP contribution < -0.4 is 21.3 Å². The summed E-state index contributed by atoms with van der Waals surface area (Å²) in [6.07, 6.45) is 4.89. The van der Waals surface area contributed by atoms with Gasteiger partial charge in [-0.15, -0.1) is 0 Å². The number of nitrogens with one attached hydrogen (secondary N) is 4. The number of rotatable bonds is 12. The maximum atomic E-state index is 14.5. The van der Waals surface area contributed by atoms with E-state index < -0.39 is 78.6 Å². The highest BCUT2D eigenvalue weighted by molar-refractivity contribution is 7.93. The van der Waals surface area contributed by atoms with Crippen molar-refractivity contribution in [2.75, 3.05) is 19.7 Å². The van der Waals surface area contributed by atoms with Gasteiger partial charge in [-0.05, 0) is 62.7 Å². The Morgan fingerprint density at radius 3 is 2.12 bits per heavy atom. The van der Waals surface area contributed by atoms with Crippen LogP contribution in [0.1, 0.15) is 114 Å². The van der Waals surface area contributed by atoms with Crippen molar-refractivity contribution in [2.24, 2.45) is 22.7 Å². The Kier molecular flexibility index (Phi) is 11.2. The molecule has 2 saturated heterocycles. The zero-order chi connectivity index (χ0) is 36.7. The molecule has 0 spiro atoms. The number of carbonyl (C=O) groups excluding carboxylic acids is 5. The van der Waals surface area contributed by atoms with Crippen LogP contribution >= 0.6 is 0 Å². The highest BCUT2D eigenvalue weighted by Gasteiger charge is 2.70. The van der Waals surface area contributed by atoms with E-state index in [1.165, 1.54) is 4.90 Å². The molecule has 14 heteroatoms. The van der Waals surface area contributed by atoms with Crippen LogP contribution in [-0.4, -0.2) is 96.4 Å². The van der Waals surface area contributed by atoms with Gasteiger partial charge in [-0.2, -0.15) is 0 Å². The number of fused-ring (bicyclic) bond motifs is 1. The van der Waals surface area contributed by atoms with Crippen LogP contribution in [0.2, 0.25) is 0 Å². The predicted molar refractivity (Wildman–Crippen MR) is 185 cm³/mol. The number of ketones is 1. The maximum Gasteiger partial charge on any atom is 0.316 e. The van der Waals surface area contributed by atoms with E-state index >= 15 is 0 Å². The highest BCUT2D eigenvalue weighted by atomic mass is 32.2. The van der Waals surface area contributed by atoms with Gasteiger partial charge >= 0.3 is 6.03 Å². The van der Waals surface area contributed by atoms with Gasteiger partial charge in [0.1, 0.15) is 12.1 Å². The van der Waals surface area contributed by atoms with Gasteiger partial charge < -0.3 is 30.9 Å². The summed E-state index contributed by atoms with van der Waals surface area (Å²) in [7, 11) is -3.75. The maximum absolute atomic E-state index is 14.5. The number of Topliss-reactive ketones (excluding diaryl/α,β-unsaturated/α-hetero) is 1. The second kappa shape index (κ2) is 14.1. The highest BCUT2D eigenvalue weighted by Crippen LogP contribution is 2.65. The molecular weight excluding hydrogens is 650 g/mol. The van der Waals surface area contributed by atoms with Crippen LogP contribution in [0.4, 0.5) is 4.79 Å². The van der Waals surface area contributed by atoms with Crippen molar-refractivity contribution in [1.82, 2.24) is 26.2 Å². The zero-order valence-corrected chi connectivity index (χ0v) is 31.7. The van der Waals surface area contributed by atoms with E-state index in [9.17, 15) is 32.4 Å². The fourth-order valence-electron chi connectivity index (χ4n) is 8.16. The number of unbranched alkanes of at least 4 members (excludes halogenated alkanes) is 1. The molecule has 2 saturated carbocycles. The SMILES string of the molecule is CCCC[C@H](NC(=O)[C@@H]1[C@@H]2[C@H](CN1C(=O)[C@@H](NC(=O)NC1([C@H]3OCC(C)(C)S3(=O)=O)CCCCC1)C(C)(C)C)C2(C)C)C(=O)C(=O)NCC. The Hall–Kier alpha value is -2.74. The number of sulfone groups is 1. The number of likely N-dealkylation sites (N-methyl/N-ethyl adjacent to an activating group) is 1. The standard InChI is InChI=1S/C35H59N5O8S/c1-10-12-16-22(25(41)28(43)36-11-2)37-27(42)24-23-21(34(23,8)9)19-40(24)29(44)26(32(3,4)5)38-31(45)39-35(17-14-13-15-18-35)30-48-20-33(6,7)49(30,46)47/h21-24,26,30H,10-20H2,1-9H3,(H,36,43)(H,37,42)(H2,38,39,45)/t21-,22-,23-,24-,26+,30-/m0/s1. The number of amides is 5. The Labute approximate surface area is 292 Å². The van der Waals surface area contributed by atoms with Crippen molar-refractivity contribution in [1.29, 1.82) is 0 Å². The Bertz CT molecular complexity index is 1410. The summed E-state index contributed by atoms with van der Waals surface area (Å²) in [5.74, 6) is -2.51. The molecule has 278 valence electrons. The van der Waals surface area contributed by atoms with Crippen LogP contribution in [0.15, 0.2) is 0 Å². The molecule has 2 aliphatic heterocycles. The monoisotopic (exact) mass is 709 g/mol. The Balaban J connectivity index is 1.57. The smallest absolute Gasteiger partial charge is 0.316 e. The van der Waals surface area contributed by atoms with Crippen molar-refractivity contribution in [3.05, 3.63) is 0 Å². The number of nitrogens with zero attached hydrogens (tertiary/aromatic N) is 1. The summed E-state index contributed by atoms with van der Waals surface area (Å²) in [6.45, 7) is 17.1. The molecule has 5 amide bonds. The Morgan fingerprint density at radius 1 is 0.959 bits per heavy atom. The van der Waals surface area contributed by atoms with Crippen LogP contribution in [0, 0.1) is 22.7 Å². The lowest BCUT2D eigenvalue weighted by Crippen LogP contribution is -2.65. The van der Waals surface area contributed by atoms with E-state index in [1.807, 2.05) is 27.7 Å². The number of hydrogen-bond acceptors (Lipinski definition) is 8. The normalized spacial score (nSPS) is 28.8. The molecule has 0 aromatic heterocycles. The quantitative estimate of drug-likeness (QED) is 0.223. The lowest BCUT2D eigenvalue weighted by molar-refractivity contribution is -0.145. The first-order chi connectivity index (χ1) is 22.7. The lowest BCUT2D eigenvalue weighted by Gasteiger charge is -2.43. The van der Waals surface area contributed by atoms with Gasteiger partial charge in [0, 0.05) is 13.1 Å². The average molecular weight is 710 g/mol. The van der Waals surface area contributed by atoms with Crippen molar-refractivity contribution in [3.63, 3.8) is 0 Å². The third-order valence-corrected chi connectivity index (χ3v) is 14.2. The van der Waals surface area contributed by atoms with E-state index in [4.69, 9.17) is 4.74 Å². The summed E-state index contributed by atoms with van der Waals surface area (Å²) in [5, 5.41) is 11.2. The molecule has 0 unspecified atom stereocenters. The summed E-state index contributed by atoms with van der Waals surface area (Å²) in [6, 6.07) is -3.65. The predicted octanol–water partition coefficient (Wildman–Crippen LogP) is 2.82. The second-order valence-corrected chi connectivity index (χ2v) is 19.5. The van der Waals surface area contributed by atoms with E-state index in [0.29, 0.717) is 32.2 Å². The van der Waals surface area contributed by atoms with Crippen molar-refractivity contribution in [3.8, 4) is 0 Å². The summed E-state index contributed by atoms with van der Waals surface area (Å²) < 4.78 is 31.9. The van der Waals surface area contributed by atoms with Crippen molar-refractivity contribution < 1.29 is 37.1 Å². The van der Waals surface area contributed by atoms with Gasteiger partial charge in [0.25, 0.3) is 5.91 Å². The van der Waals surface area contributed by atoms with Crippen molar-refractivity contribution in [2.45, 2.75) is 148 Å². The number of piperidine rings is 1. The molecule has 0 aromatic carbocycles. The number of hydrogen-bond donors (Lipinski definition) is 4.